The van der Waals surface area contributed by atoms with Gasteiger partial charge in [0.15, 0.2) is 0 Å². The molecule has 0 saturated carbocycles. The molecule has 0 saturated heterocycles. The molecule has 1 unspecified atom stereocenters. The van der Waals surface area contributed by atoms with Gasteiger partial charge in [-0.3, -0.25) is 9.78 Å². The van der Waals surface area contributed by atoms with E-state index in [1.807, 2.05) is 0 Å². The predicted molar refractivity (Wildman–Crippen MR) is 62.7 cm³/mol. The van der Waals surface area contributed by atoms with Crippen molar-refractivity contribution in [3.05, 3.63) is 24.5 Å². The van der Waals surface area contributed by atoms with Gasteiger partial charge in [0, 0.05) is 18.7 Å². The number of anilines is 1. The van der Waals surface area contributed by atoms with E-state index in [1.54, 1.807) is 25.3 Å². The van der Waals surface area contributed by atoms with E-state index < -0.39 is 5.97 Å². The zero-order valence-electron chi connectivity index (χ0n) is 9.51. The zero-order valence-corrected chi connectivity index (χ0v) is 9.51. The molecule has 6 heteroatoms. The summed E-state index contributed by atoms with van der Waals surface area (Å²) < 4.78 is 0. The molecule has 1 aromatic heterocycles. The second-order valence-corrected chi connectivity index (χ2v) is 3.67. The van der Waals surface area contributed by atoms with Gasteiger partial charge in [0.1, 0.15) is 0 Å². The number of pyridine rings is 1. The fourth-order valence-corrected chi connectivity index (χ4v) is 1.24. The number of hydrogen-bond donors (Lipinski definition) is 3. The largest absolute Gasteiger partial charge is 0.481 e. The Labute approximate surface area is 99.1 Å². The van der Waals surface area contributed by atoms with Gasteiger partial charge in [0.2, 0.25) is 0 Å². The van der Waals surface area contributed by atoms with E-state index in [4.69, 9.17) is 5.11 Å². The molecule has 17 heavy (non-hydrogen) atoms. The van der Waals surface area contributed by atoms with Crippen LogP contribution in [-0.2, 0) is 4.79 Å². The minimum absolute atomic E-state index is 0.0361. The zero-order chi connectivity index (χ0) is 12.7. The molecule has 2 amide bonds. The van der Waals surface area contributed by atoms with Gasteiger partial charge in [-0.2, -0.15) is 0 Å². The minimum Gasteiger partial charge on any atom is -0.481 e. The lowest BCUT2D eigenvalue weighted by atomic mass is 10.2. The number of aromatic nitrogens is 1. The molecule has 0 spiro atoms. The van der Waals surface area contributed by atoms with Gasteiger partial charge in [0.05, 0.1) is 11.9 Å². The van der Waals surface area contributed by atoms with Crippen molar-refractivity contribution in [3.8, 4) is 0 Å². The molecule has 1 rings (SSSR count). The van der Waals surface area contributed by atoms with Crippen molar-refractivity contribution in [2.24, 2.45) is 0 Å². The summed E-state index contributed by atoms with van der Waals surface area (Å²) in [5.41, 5.74) is 0.593. The standard InChI is InChI=1S/C11H15N3O3/c1-8(4-5-10(15)16)13-11(17)14-9-3-2-6-12-7-9/h2-3,6-8H,4-5H2,1H3,(H,15,16)(H2,13,14,17). The van der Waals surface area contributed by atoms with Crippen LogP contribution >= 0.6 is 0 Å². The van der Waals surface area contributed by atoms with Crippen LogP contribution < -0.4 is 10.6 Å². The number of carbonyl (C=O) groups is 2. The summed E-state index contributed by atoms with van der Waals surface area (Å²) in [4.78, 5) is 25.7. The lowest BCUT2D eigenvalue weighted by Gasteiger charge is -2.13. The summed E-state index contributed by atoms with van der Waals surface area (Å²) in [5.74, 6) is -0.869. The molecule has 1 atom stereocenters. The van der Waals surface area contributed by atoms with Crippen LogP contribution in [0, 0.1) is 0 Å². The normalized spacial score (nSPS) is 11.6. The summed E-state index contributed by atoms with van der Waals surface area (Å²) >= 11 is 0. The molecule has 6 nitrogen and oxygen atoms in total. The van der Waals surface area contributed by atoms with E-state index in [0.717, 1.165) is 0 Å². The summed E-state index contributed by atoms with van der Waals surface area (Å²) in [5, 5.41) is 13.7. The smallest absolute Gasteiger partial charge is 0.319 e. The first kappa shape index (κ1) is 13.0. The molecule has 0 aromatic carbocycles. The summed E-state index contributed by atoms with van der Waals surface area (Å²) in [6.45, 7) is 1.76. The summed E-state index contributed by atoms with van der Waals surface area (Å²) in [7, 11) is 0. The van der Waals surface area contributed by atoms with E-state index in [9.17, 15) is 9.59 Å². The van der Waals surface area contributed by atoms with Crippen molar-refractivity contribution >= 4 is 17.7 Å². The molecular formula is C11H15N3O3. The van der Waals surface area contributed by atoms with Crippen LogP contribution in [0.5, 0.6) is 0 Å². The molecular weight excluding hydrogens is 222 g/mol. The number of carboxylic acid groups (broad SMARTS) is 1. The Kier molecular flexibility index (Phi) is 4.93. The van der Waals surface area contributed by atoms with Crippen LogP contribution in [0.15, 0.2) is 24.5 Å². The Bertz CT molecular complexity index is 381. The van der Waals surface area contributed by atoms with Crippen LogP contribution in [-0.4, -0.2) is 28.1 Å². The molecule has 0 aliphatic heterocycles. The Morgan fingerprint density at radius 1 is 1.53 bits per heavy atom. The SMILES string of the molecule is CC(CCC(=O)O)NC(=O)Nc1cccnc1. The van der Waals surface area contributed by atoms with E-state index in [2.05, 4.69) is 15.6 Å². The van der Waals surface area contributed by atoms with Crippen molar-refractivity contribution in [3.63, 3.8) is 0 Å². The molecule has 0 bridgehead atoms. The summed E-state index contributed by atoms with van der Waals surface area (Å²) in [6, 6.07) is 2.87. The predicted octanol–water partition coefficient (Wildman–Crippen LogP) is 1.46. The third kappa shape index (κ3) is 5.50. The average molecular weight is 237 g/mol. The highest BCUT2D eigenvalue weighted by Crippen LogP contribution is 2.03. The lowest BCUT2D eigenvalue weighted by molar-refractivity contribution is -0.137. The Morgan fingerprint density at radius 3 is 2.88 bits per heavy atom. The van der Waals surface area contributed by atoms with E-state index in [-0.39, 0.29) is 18.5 Å². The fraction of sp³-hybridized carbons (Fsp3) is 0.364. The highest BCUT2D eigenvalue weighted by molar-refractivity contribution is 5.89. The molecule has 0 aliphatic carbocycles. The van der Waals surface area contributed by atoms with Gasteiger partial charge in [-0.1, -0.05) is 0 Å². The van der Waals surface area contributed by atoms with Crippen LogP contribution in [0.1, 0.15) is 19.8 Å². The molecule has 1 heterocycles. The van der Waals surface area contributed by atoms with Crippen LogP contribution in [0.2, 0.25) is 0 Å². The van der Waals surface area contributed by atoms with Gasteiger partial charge in [-0.15, -0.1) is 0 Å². The first-order valence-electron chi connectivity index (χ1n) is 5.27. The minimum atomic E-state index is -0.869. The number of aliphatic carboxylic acids is 1. The number of rotatable bonds is 5. The Balaban J connectivity index is 2.32. The first-order valence-corrected chi connectivity index (χ1v) is 5.27. The number of urea groups is 1. The van der Waals surface area contributed by atoms with Crippen LogP contribution in [0.25, 0.3) is 0 Å². The number of carbonyl (C=O) groups excluding carboxylic acids is 1. The van der Waals surface area contributed by atoms with E-state index in [0.29, 0.717) is 12.1 Å². The quantitative estimate of drug-likeness (QED) is 0.722. The number of nitrogens with one attached hydrogen (secondary N) is 2. The van der Waals surface area contributed by atoms with Crippen molar-refractivity contribution < 1.29 is 14.7 Å². The van der Waals surface area contributed by atoms with Crippen LogP contribution in [0.4, 0.5) is 10.5 Å². The highest BCUT2D eigenvalue weighted by Gasteiger charge is 2.08. The van der Waals surface area contributed by atoms with Gasteiger partial charge in [-0.05, 0) is 25.5 Å². The molecule has 0 fully saturated rings. The monoisotopic (exact) mass is 237 g/mol. The van der Waals surface area contributed by atoms with Gasteiger partial charge < -0.3 is 15.7 Å². The fourth-order valence-electron chi connectivity index (χ4n) is 1.24. The number of hydrogen-bond acceptors (Lipinski definition) is 3. The second-order valence-electron chi connectivity index (χ2n) is 3.67. The molecule has 1 aromatic rings. The molecule has 3 N–H and O–H groups in total. The third-order valence-corrected chi connectivity index (χ3v) is 2.09. The first-order chi connectivity index (χ1) is 8.08. The lowest BCUT2D eigenvalue weighted by Crippen LogP contribution is -2.36. The van der Waals surface area contributed by atoms with Crippen molar-refractivity contribution in [1.82, 2.24) is 10.3 Å². The maximum atomic E-state index is 11.5. The van der Waals surface area contributed by atoms with Crippen molar-refractivity contribution in [2.75, 3.05) is 5.32 Å². The van der Waals surface area contributed by atoms with E-state index in [1.165, 1.54) is 6.20 Å². The Hall–Kier alpha value is -2.11. The maximum Gasteiger partial charge on any atom is 0.319 e. The maximum absolute atomic E-state index is 11.5. The average Bonchev–Trinajstić information content (AvgIpc) is 2.27. The second kappa shape index (κ2) is 6.47. The number of nitrogens with zero attached hydrogens (tertiary/aromatic N) is 1. The Morgan fingerprint density at radius 2 is 2.29 bits per heavy atom. The highest BCUT2D eigenvalue weighted by atomic mass is 16.4. The number of carboxylic acids is 1. The van der Waals surface area contributed by atoms with Gasteiger partial charge >= 0.3 is 12.0 Å². The third-order valence-electron chi connectivity index (χ3n) is 2.09. The number of amides is 2. The van der Waals surface area contributed by atoms with Crippen LogP contribution in [0.3, 0.4) is 0 Å². The molecule has 0 radical (unpaired) electrons. The van der Waals surface area contributed by atoms with Crippen molar-refractivity contribution in [1.29, 1.82) is 0 Å². The molecule has 92 valence electrons. The summed E-state index contributed by atoms with van der Waals surface area (Å²) in [6.07, 6.45) is 3.57. The molecule has 0 aliphatic rings. The topological polar surface area (TPSA) is 91.3 Å². The van der Waals surface area contributed by atoms with E-state index >= 15 is 0 Å². The van der Waals surface area contributed by atoms with Crippen molar-refractivity contribution in [2.45, 2.75) is 25.8 Å². The van der Waals surface area contributed by atoms with Gasteiger partial charge in [0.25, 0.3) is 0 Å². The van der Waals surface area contributed by atoms with Gasteiger partial charge in [-0.25, -0.2) is 4.79 Å².